The number of methoxy groups -OCH3 is 1. The number of halogens is 1. The summed E-state index contributed by atoms with van der Waals surface area (Å²) in [6.07, 6.45) is 3.41. The number of benzene rings is 1. The van der Waals surface area contributed by atoms with Gasteiger partial charge in [-0.2, -0.15) is 0 Å². The average Bonchev–Trinajstić information content (AvgIpc) is 2.46. The second-order valence-electron chi connectivity index (χ2n) is 4.79. The van der Waals surface area contributed by atoms with Crippen molar-refractivity contribution < 1.29 is 14.3 Å². The molecule has 2 rings (SSSR count). The molecule has 1 aliphatic rings. The normalized spacial score (nSPS) is 18.6. The molecule has 0 saturated carbocycles. The average molecular weight is 299 g/mol. The van der Waals surface area contributed by atoms with Gasteiger partial charge in [0.1, 0.15) is 0 Å². The van der Waals surface area contributed by atoms with Gasteiger partial charge < -0.3 is 20.5 Å². The minimum absolute atomic E-state index is 0.142. The van der Waals surface area contributed by atoms with Crippen molar-refractivity contribution in [2.24, 2.45) is 0 Å². The number of esters is 1. The number of anilines is 2. The molecule has 1 saturated heterocycles. The molecule has 6 heteroatoms. The number of rotatable bonds is 4. The van der Waals surface area contributed by atoms with E-state index in [4.69, 9.17) is 26.8 Å². The third kappa shape index (κ3) is 3.55. The Bertz CT molecular complexity index is 488. The van der Waals surface area contributed by atoms with E-state index < -0.39 is 5.97 Å². The number of hydrogen-bond acceptors (Lipinski definition) is 5. The monoisotopic (exact) mass is 298 g/mol. The van der Waals surface area contributed by atoms with Crippen LogP contribution in [0.15, 0.2) is 12.1 Å². The molecule has 0 aromatic heterocycles. The fourth-order valence-corrected chi connectivity index (χ4v) is 2.56. The van der Waals surface area contributed by atoms with Crippen LogP contribution in [0, 0.1) is 0 Å². The van der Waals surface area contributed by atoms with E-state index in [0.717, 1.165) is 25.9 Å². The fraction of sp³-hybridized carbons (Fsp3) is 0.500. The van der Waals surface area contributed by atoms with E-state index >= 15 is 0 Å². The Hall–Kier alpha value is -1.46. The van der Waals surface area contributed by atoms with E-state index in [0.29, 0.717) is 28.5 Å². The second-order valence-corrected chi connectivity index (χ2v) is 5.19. The number of carbonyl (C=O) groups is 1. The lowest BCUT2D eigenvalue weighted by molar-refractivity contribution is 0.0247. The van der Waals surface area contributed by atoms with E-state index in [2.05, 4.69) is 5.32 Å². The van der Waals surface area contributed by atoms with Gasteiger partial charge in [0.15, 0.2) is 0 Å². The van der Waals surface area contributed by atoms with Gasteiger partial charge in [-0.25, -0.2) is 4.79 Å². The maximum atomic E-state index is 11.8. The Labute approximate surface area is 123 Å². The highest BCUT2D eigenvalue weighted by Gasteiger charge is 2.19. The predicted octanol–water partition coefficient (Wildman–Crippen LogP) is 2.69. The van der Waals surface area contributed by atoms with Crippen LogP contribution in [0.5, 0.6) is 0 Å². The van der Waals surface area contributed by atoms with Crippen LogP contribution < -0.4 is 11.1 Å². The molecule has 1 heterocycles. The molecule has 1 fully saturated rings. The van der Waals surface area contributed by atoms with Crippen molar-refractivity contribution in [2.45, 2.75) is 25.4 Å². The molecule has 20 heavy (non-hydrogen) atoms. The first-order valence-electron chi connectivity index (χ1n) is 6.64. The molecule has 0 spiro atoms. The summed E-state index contributed by atoms with van der Waals surface area (Å²) < 4.78 is 10.4. The van der Waals surface area contributed by atoms with Gasteiger partial charge in [-0.15, -0.1) is 0 Å². The summed E-state index contributed by atoms with van der Waals surface area (Å²) in [6.45, 7) is 1.39. The molecule has 1 aliphatic heterocycles. The van der Waals surface area contributed by atoms with Crippen LogP contribution in [0.4, 0.5) is 11.4 Å². The summed E-state index contributed by atoms with van der Waals surface area (Å²) in [5.74, 6) is -0.466. The molecular formula is C14H19ClN2O3. The smallest absolute Gasteiger partial charge is 0.340 e. The van der Waals surface area contributed by atoms with Gasteiger partial charge in [-0.1, -0.05) is 11.6 Å². The Morgan fingerprint density at radius 3 is 3.00 bits per heavy atom. The van der Waals surface area contributed by atoms with Gasteiger partial charge in [0.25, 0.3) is 0 Å². The predicted molar refractivity (Wildman–Crippen MR) is 79.3 cm³/mol. The highest BCUT2D eigenvalue weighted by Crippen LogP contribution is 2.30. The van der Waals surface area contributed by atoms with Gasteiger partial charge in [0, 0.05) is 18.8 Å². The highest BCUT2D eigenvalue weighted by molar-refractivity contribution is 6.34. The first-order valence-corrected chi connectivity index (χ1v) is 7.02. The van der Waals surface area contributed by atoms with Crippen LogP contribution in [0.3, 0.4) is 0 Å². The first-order chi connectivity index (χ1) is 9.61. The van der Waals surface area contributed by atoms with Crippen molar-refractivity contribution >= 4 is 28.9 Å². The van der Waals surface area contributed by atoms with Crippen molar-refractivity contribution in [3.63, 3.8) is 0 Å². The maximum absolute atomic E-state index is 11.8. The van der Waals surface area contributed by atoms with Crippen molar-refractivity contribution in [3.05, 3.63) is 22.7 Å². The maximum Gasteiger partial charge on any atom is 0.340 e. The Balaban J connectivity index is 2.14. The van der Waals surface area contributed by atoms with Gasteiger partial charge in [0.05, 0.1) is 29.5 Å². The number of nitrogens with one attached hydrogen (secondary N) is 1. The van der Waals surface area contributed by atoms with Crippen LogP contribution in [-0.4, -0.2) is 32.3 Å². The Morgan fingerprint density at radius 1 is 1.55 bits per heavy atom. The lowest BCUT2D eigenvalue weighted by Gasteiger charge is -2.24. The minimum Gasteiger partial charge on any atom is -0.465 e. The molecule has 0 amide bonds. The largest absolute Gasteiger partial charge is 0.465 e. The van der Waals surface area contributed by atoms with Gasteiger partial charge in [-0.05, 0) is 31.4 Å². The quantitative estimate of drug-likeness (QED) is 0.660. The lowest BCUT2D eigenvalue weighted by atomic mass is 10.1. The molecule has 1 unspecified atom stereocenters. The molecule has 5 nitrogen and oxygen atoms in total. The number of ether oxygens (including phenoxy) is 2. The number of hydrogen-bond donors (Lipinski definition) is 2. The molecule has 1 aromatic carbocycles. The van der Waals surface area contributed by atoms with Crippen molar-refractivity contribution in [1.29, 1.82) is 0 Å². The summed E-state index contributed by atoms with van der Waals surface area (Å²) in [7, 11) is 1.33. The molecule has 0 aliphatic carbocycles. The topological polar surface area (TPSA) is 73.6 Å². The van der Waals surface area contributed by atoms with E-state index in [-0.39, 0.29) is 6.10 Å². The van der Waals surface area contributed by atoms with Crippen molar-refractivity contribution in [1.82, 2.24) is 0 Å². The highest BCUT2D eigenvalue weighted by atomic mass is 35.5. The number of nitrogen functional groups attached to an aromatic ring is 1. The van der Waals surface area contributed by atoms with Crippen molar-refractivity contribution in [2.75, 3.05) is 31.3 Å². The molecule has 110 valence electrons. The molecule has 0 bridgehead atoms. The number of nitrogens with two attached hydrogens (primary N) is 1. The van der Waals surface area contributed by atoms with E-state index in [1.807, 2.05) is 0 Å². The van der Waals surface area contributed by atoms with Crippen LogP contribution in [0.25, 0.3) is 0 Å². The fourth-order valence-electron chi connectivity index (χ4n) is 2.26. The third-order valence-corrected chi connectivity index (χ3v) is 3.60. The first kappa shape index (κ1) is 14.9. The molecule has 1 atom stereocenters. The van der Waals surface area contributed by atoms with Gasteiger partial charge in [0.2, 0.25) is 0 Å². The summed E-state index contributed by atoms with van der Waals surface area (Å²) in [6, 6.07) is 3.17. The zero-order chi connectivity index (χ0) is 14.5. The molecule has 1 aromatic rings. The van der Waals surface area contributed by atoms with Crippen LogP contribution in [0.1, 0.15) is 29.6 Å². The van der Waals surface area contributed by atoms with E-state index in [1.165, 1.54) is 7.11 Å². The Kier molecular flexibility index (Phi) is 5.09. The lowest BCUT2D eigenvalue weighted by Crippen LogP contribution is -2.27. The third-order valence-electron chi connectivity index (χ3n) is 3.30. The van der Waals surface area contributed by atoms with Crippen LogP contribution >= 0.6 is 11.6 Å². The summed E-state index contributed by atoms with van der Waals surface area (Å²) >= 11 is 6.16. The van der Waals surface area contributed by atoms with E-state index in [1.54, 1.807) is 12.1 Å². The second kappa shape index (κ2) is 6.81. The van der Waals surface area contributed by atoms with Gasteiger partial charge in [-0.3, -0.25) is 0 Å². The molecule has 3 N–H and O–H groups in total. The molecular weight excluding hydrogens is 280 g/mol. The minimum atomic E-state index is -0.466. The van der Waals surface area contributed by atoms with Crippen LogP contribution in [-0.2, 0) is 9.47 Å². The van der Waals surface area contributed by atoms with Crippen molar-refractivity contribution in [3.8, 4) is 0 Å². The summed E-state index contributed by atoms with van der Waals surface area (Å²) in [5, 5.41) is 3.58. The number of carbonyl (C=O) groups excluding carboxylic acids is 1. The SMILES string of the molecule is COC(=O)c1cc(N)cc(Cl)c1NCC1CCCCO1. The summed E-state index contributed by atoms with van der Waals surface area (Å²) in [5.41, 5.74) is 7.03. The zero-order valence-corrected chi connectivity index (χ0v) is 12.2. The Morgan fingerprint density at radius 2 is 2.35 bits per heavy atom. The summed E-state index contributed by atoms with van der Waals surface area (Å²) in [4.78, 5) is 11.8. The molecule has 0 radical (unpaired) electrons. The zero-order valence-electron chi connectivity index (χ0n) is 11.4. The standard InChI is InChI=1S/C14H19ClN2O3/c1-19-14(18)11-6-9(16)7-12(15)13(11)17-8-10-4-2-3-5-20-10/h6-7,10,17H,2-5,8,16H2,1H3. The van der Waals surface area contributed by atoms with E-state index in [9.17, 15) is 4.79 Å². The van der Waals surface area contributed by atoms with Crippen LogP contribution in [0.2, 0.25) is 5.02 Å². The van der Waals surface area contributed by atoms with Gasteiger partial charge >= 0.3 is 5.97 Å².